The molecule has 1 aromatic heterocycles. The molecule has 8 rings (SSSR count). The summed E-state index contributed by atoms with van der Waals surface area (Å²) in [6.07, 6.45) is 0. The molecule has 0 fully saturated rings. The van der Waals surface area contributed by atoms with Gasteiger partial charge in [0.05, 0.1) is 15.1 Å². The molecule has 0 N–H and O–H groups in total. The van der Waals surface area contributed by atoms with E-state index in [-0.39, 0.29) is 68.8 Å². The second-order valence-electron chi connectivity index (χ2n) is 9.22. The van der Waals surface area contributed by atoms with Crippen LogP contribution >= 0.6 is 0 Å². The standard InChI is InChI=1S/C38H24O/c1-3-13-25(14-4-1)27-23-33(38-32-21-11-12-22-34(32)39-35(38)24-27)37-30-19-9-7-17-28(30)36(26-15-5-2-6-16-26)29-18-8-10-20-31(29)37/h1-24H/i2D,5D,6D,11D,12D,15D,16D,21D,22D,23D,24D. The van der Waals surface area contributed by atoms with Gasteiger partial charge in [0.1, 0.15) is 11.2 Å². The van der Waals surface area contributed by atoms with Crippen LogP contribution in [0.5, 0.6) is 0 Å². The van der Waals surface area contributed by atoms with Crippen LogP contribution in [0, 0.1) is 0 Å². The Morgan fingerprint density at radius 3 is 1.72 bits per heavy atom. The molecule has 0 aliphatic heterocycles. The first kappa shape index (κ1) is 13.6. The highest BCUT2D eigenvalue weighted by atomic mass is 16.3. The fourth-order valence-electron chi connectivity index (χ4n) is 5.46. The van der Waals surface area contributed by atoms with Crippen molar-refractivity contribution in [2.24, 2.45) is 0 Å². The van der Waals surface area contributed by atoms with Crippen LogP contribution in [0.15, 0.2) is 150 Å². The van der Waals surface area contributed by atoms with Crippen molar-refractivity contribution in [3.8, 4) is 33.4 Å². The van der Waals surface area contributed by atoms with E-state index < -0.39 is 36.3 Å². The lowest BCUT2D eigenvalue weighted by molar-refractivity contribution is 0.669. The van der Waals surface area contributed by atoms with Gasteiger partial charge < -0.3 is 4.42 Å². The number of fused-ring (bicyclic) bond motifs is 5. The molecule has 0 amide bonds. The molecule has 0 unspecified atom stereocenters. The predicted octanol–water partition coefficient (Wildman–Crippen LogP) is 10.9. The third-order valence-corrected chi connectivity index (χ3v) is 7.07. The summed E-state index contributed by atoms with van der Waals surface area (Å²) in [6.45, 7) is 0. The largest absolute Gasteiger partial charge is 0.456 e. The lowest BCUT2D eigenvalue weighted by Gasteiger charge is -2.19. The van der Waals surface area contributed by atoms with E-state index in [4.69, 9.17) is 16.8 Å². The number of hydrogen-bond donors (Lipinski definition) is 0. The molecule has 0 spiro atoms. The Kier molecular flexibility index (Phi) is 3.04. The summed E-state index contributed by atoms with van der Waals surface area (Å²) in [6, 6.07) is 19.2. The van der Waals surface area contributed by atoms with Crippen LogP contribution in [-0.2, 0) is 0 Å². The number of furan rings is 1. The predicted molar refractivity (Wildman–Crippen MR) is 165 cm³/mol. The van der Waals surface area contributed by atoms with E-state index in [2.05, 4.69) is 0 Å². The normalized spacial score (nSPS) is 15.5. The van der Waals surface area contributed by atoms with Crippen molar-refractivity contribution >= 4 is 43.5 Å². The van der Waals surface area contributed by atoms with Crippen LogP contribution in [0.4, 0.5) is 0 Å². The van der Waals surface area contributed by atoms with Gasteiger partial charge in [-0.15, -0.1) is 0 Å². The molecule has 7 aromatic carbocycles. The van der Waals surface area contributed by atoms with E-state index in [1.165, 1.54) is 0 Å². The van der Waals surface area contributed by atoms with Gasteiger partial charge in [-0.3, -0.25) is 0 Å². The third kappa shape index (κ3) is 3.41. The van der Waals surface area contributed by atoms with Crippen molar-refractivity contribution in [2.75, 3.05) is 0 Å². The Hall–Kier alpha value is -5.14. The summed E-state index contributed by atoms with van der Waals surface area (Å²) in [5.74, 6) is 0. The number of hydrogen-bond acceptors (Lipinski definition) is 1. The first-order valence-corrected chi connectivity index (χ1v) is 12.5. The minimum Gasteiger partial charge on any atom is -0.456 e. The van der Waals surface area contributed by atoms with Crippen molar-refractivity contribution in [2.45, 2.75) is 0 Å². The Morgan fingerprint density at radius 1 is 0.436 bits per heavy atom. The van der Waals surface area contributed by atoms with Crippen LogP contribution in [0.1, 0.15) is 15.1 Å². The highest BCUT2D eigenvalue weighted by Crippen LogP contribution is 2.47. The Bertz CT molecular complexity index is 2680. The molecular formula is C38H24O. The molecule has 1 heterocycles. The van der Waals surface area contributed by atoms with Gasteiger partial charge in [-0.1, -0.05) is 127 Å². The maximum absolute atomic E-state index is 9.81. The van der Waals surface area contributed by atoms with Gasteiger partial charge in [0.15, 0.2) is 0 Å². The van der Waals surface area contributed by atoms with E-state index in [9.17, 15) is 2.74 Å². The van der Waals surface area contributed by atoms with Gasteiger partial charge in [0.2, 0.25) is 0 Å². The molecule has 0 saturated carbocycles. The van der Waals surface area contributed by atoms with Crippen LogP contribution in [0.3, 0.4) is 0 Å². The van der Waals surface area contributed by atoms with E-state index in [0.29, 0.717) is 38.2 Å². The van der Waals surface area contributed by atoms with E-state index >= 15 is 0 Å². The molecule has 1 heteroatoms. The number of para-hydroxylation sites is 1. The minimum atomic E-state index is -0.504. The molecule has 39 heavy (non-hydrogen) atoms. The highest BCUT2D eigenvalue weighted by Gasteiger charge is 2.21. The van der Waals surface area contributed by atoms with Crippen molar-refractivity contribution in [3.63, 3.8) is 0 Å². The smallest absolute Gasteiger partial charge is 0.136 e. The van der Waals surface area contributed by atoms with Crippen LogP contribution in [-0.4, -0.2) is 0 Å². The second-order valence-corrected chi connectivity index (χ2v) is 9.22. The Labute approximate surface area is 242 Å². The van der Waals surface area contributed by atoms with Gasteiger partial charge >= 0.3 is 0 Å². The summed E-state index contributed by atoms with van der Waals surface area (Å²) in [4.78, 5) is 0. The van der Waals surface area contributed by atoms with Gasteiger partial charge in [0, 0.05) is 10.8 Å². The van der Waals surface area contributed by atoms with Crippen molar-refractivity contribution < 1.29 is 19.5 Å². The molecule has 182 valence electrons. The first-order valence-electron chi connectivity index (χ1n) is 18.0. The zero-order chi connectivity index (χ0) is 35.3. The lowest BCUT2D eigenvalue weighted by Crippen LogP contribution is -1.92. The molecule has 1 nitrogen and oxygen atoms in total. The summed E-state index contributed by atoms with van der Waals surface area (Å²) < 4.78 is 103. The molecule has 0 bridgehead atoms. The highest BCUT2D eigenvalue weighted by molar-refractivity contribution is 6.26. The van der Waals surface area contributed by atoms with Crippen LogP contribution in [0.2, 0.25) is 0 Å². The van der Waals surface area contributed by atoms with Crippen molar-refractivity contribution in [1.29, 1.82) is 0 Å². The molecule has 0 atom stereocenters. The van der Waals surface area contributed by atoms with Crippen LogP contribution < -0.4 is 0 Å². The third-order valence-electron chi connectivity index (χ3n) is 7.07. The molecule has 0 saturated heterocycles. The van der Waals surface area contributed by atoms with Gasteiger partial charge in [-0.2, -0.15) is 0 Å². The van der Waals surface area contributed by atoms with Crippen molar-refractivity contribution in [1.82, 2.24) is 0 Å². The first-order chi connectivity index (χ1) is 24.0. The quantitative estimate of drug-likeness (QED) is 0.217. The average molecular weight is 508 g/mol. The molecule has 0 aliphatic rings. The zero-order valence-corrected chi connectivity index (χ0v) is 20.4. The summed E-state index contributed by atoms with van der Waals surface area (Å²) >= 11 is 0. The fourth-order valence-corrected chi connectivity index (χ4v) is 5.46. The van der Waals surface area contributed by atoms with E-state index in [1.54, 1.807) is 60.7 Å². The zero-order valence-electron chi connectivity index (χ0n) is 31.4. The fraction of sp³-hybridized carbons (Fsp3) is 0. The molecule has 0 aliphatic carbocycles. The summed E-state index contributed by atoms with van der Waals surface area (Å²) in [7, 11) is 0. The Morgan fingerprint density at radius 2 is 1.03 bits per heavy atom. The number of rotatable bonds is 3. The SMILES string of the molecule is [2H]c1c([2H])c([2H])c(-c2c3ccccc3c(-c3c([2H])c(-c4ccccc4)c([2H])c4oc5c([2H])c([2H])c([2H])c([2H])c5c34)c3ccccc23)c([2H])c1[2H]. The average Bonchev–Trinajstić information content (AvgIpc) is 3.53. The number of benzene rings is 7. The van der Waals surface area contributed by atoms with Gasteiger partial charge in [0.25, 0.3) is 0 Å². The van der Waals surface area contributed by atoms with E-state index in [1.807, 2.05) is 18.2 Å². The maximum atomic E-state index is 9.81. The van der Waals surface area contributed by atoms with Gasteiger partial charge in [-0.25, -0.2) is 0 Å². The summed E-state index contributed by atoms with van der Waals surface area (Å²) in [5.41, 5.74) is 1.91. The van der Waals surface area contributed by atoms with E-state index in [0.717, 1.165) is 0 Å². The van der Waals surface area contributed by atoms with Crippen LogP contribution in [0.25, 0.3) is 76.9 Å². The lowest BCUT2D eigenvalue weighted by atomic mass is 9.84. The monoisotopic (exact) mass is 507 g/mol. The summed E-state index contributed by atoms with van der Waals surface area (Å²) in [5, 5.41) is 2.44. The second kappa shape index (κ2) is 8.72. The molecular weight excluding hydrogens is 472 g/mol. The Balaban J connectivity index is 1.67. The molecule has 0 radical (unpaired) electrons. The van der Waals surface area contributed by atoms with Gasteiger partial charge in [-0.05, 0) is 73.1 Å². The van der Waals surface area contributed by atoms with Crippen molar-refractivity contribution in [3.05, 3.63) is 145 Å². The minimum absolute atomic E-state index is 0.000267. The molecule has 8 aromatic rings. The topological polar surface area (TPSA) is 13.1 Å². The maximum Gasteiger partial charge on any atom is 0.136 e.